The summed E-state index contributed by atoms with van der Waals surface area (Å²) in [7, 11) is 0. The number of rotatable bonds is 6. The second kappa shape index (κ2) is 9.78. The Labute approximate surface area is 180 Å². The third-order valence-electron chi connectivity index (χ3n) is 4.58. The van der Waals surface area contributed by atoms with Gasteiger partial charge in [-0.05, 0) is 72.5 Å². The van der Waals surface area contributed by atoms with Gasteiger partial charge < -0.3 is 9.47 Å². The lowest BCUT2D eigenvalue weighted by Crippen LogP contribution is -2.18. The van der Waals surface area contributed by atoms with E-state index in [0.29, 0.717) is 22.1 Å². The third-order valence-corrected chi connectivity index (χ3v) is 4.83. The molecular formula is C25H20ClNO3. The molecule has 0 atom stereocenters. The maximum absolute atomic E-state index is 12.2. The van der Waals surface area contributed by atoms with E-state index in [4.69, 9.17) is 21.1 Å². The molecule has 0 aliphatic heterocycles. The average molecular weight is 418 g/mol. The minimum absolute atomic E-state index is 0.196. The van der Waals surface area contributed by atoms with Crippen LogP contribution in [0.2, 0.25) is 5.02 Å². The van der Waals surface area contributed by atoms with Gasteiger partial charge in [0.05, 0.1) is 11.6 Å². The van der Waals surface area contributed by atoms with Crippen molar-refractivity contribution < 1.29 is 14.3 Å². The van der Waals surface area contributed by atoms with Gasteiger partial charge >= 0.3 is 5.97 Å². The van der Waals surface area contributed by atoms with Crippen LogP contribution in [0.25, 0.3) is 11.6 Å². The van der Waals surface area contributed by atoms with Crippen LogP contribution in [0, 0.1) is 25.2 Å². The predicted molar refractivity (Wildman–Crippen MR) is 118 cm³/mol. The molecule has 3 aromatic carbocycles. The highest BCUT2D eigenvalue weighted by molar-refractivity contribution is 6.30. The molecule has 4 nitrogen and oxygen atoms in total. The number of carbonyl (C=O) groups is 1. The zero-order valence-electron chi connectivity index (χ0n) is 16.7. The summed E-state index contributed by atoms with van der Waals surface area (Å²) in [6.07, 6.45) is 1.73. The molecule has 0 aliphatic rings. The lowest BCUT2D eigenvalue weighted by molar-refractivity contribution is -0.136. The maximum Gasteiger partial charge on any atom is 0.349 e. The van der Waals surface area contributed by atoms with Crippen LogP contribution < -0.4 is 9.47 Å². The normalized spacial score (nSPS) is 10.9. The molecule has 0 saturated carbocycles. The first kappa shape index (κ1) is 21.2. The first-order valence-electron chi connectivity index (χ1n) is 9.34. The highest BCUT2D eigenvalue weighted by atomic mass is 35.5. The number of allylic oxidation sites excluding steroid dienone is 1. The predicted octanol–water partition coefficient (Wildman–Crippen LogP) is 6.01. The van der Waals surface area contributed by atoms with E-state index in [1.807, 2.05) is 38.1 Å². The average Bonchev–Trinajstić information content (AvgIpc) is 2.74. The van der Waals surface area contributed by atoms with Gasteiger partial charge in [-0.2, -0.15) is 5.26 Å². The number of carbonyl (C=O) groups excluding carboxylic acids is 1. The molecule has 0 radical (unpaired) electrons. The van der Waals surface area contributed by atoms with E-state index < -0.39 is 5.97 Å². The van der Waals surface area contributed by atoms with Gasteiger partial charge in [-0.15, -0.1) is 0 Å². The molecule has 0 amide bonds. The largest absolute Gasteiger partial charge is 0.482 e. The van der Waals surface area contributed by atoms with Crippen LogP contribution in [0.1, 0.15) is 22.3 Å². The van der Waals surface area contributed by atoms with Crippen LogP contribution in [0.4, 0.5) is 0 Å². The van der Waals surface area contributed by atoms with Gasteiger partial charge in [-0.25, -0.2) is 4.79 Å². The number of nitrogens with zero attached hydrogens (tertiary/aromatic N) is 1. The minimum Gasteiger partial charge on any atom is -0.482 e. The Morgan fingerprint density at radius 2 is 1.80 bits per heavy atom. The number of halogens is 1. The molecule has 0 unspecified atom stereocenters. The lowest BCUT2D eigenvalue weighted by Gasteiger charge is -2.10. The van der Waals surface area contributed by atoms with Crippen molar-refractivity contribution in [3.05, 3.63) is 94.0 Å². The van der Waals surface area contributed by atoms with Crippen molar-refractivity contribution in [2.24, 2.45) is 0 Å². The Bertz CT molecular complexity index is 1130. The summed E-state index contributed by atoms with van der Waals surface area (Å²) in [5, 5.41) is 10.1. The number of ether oxygens (including phenoxy) is 2. The molecule has 0 aromatic heterocycles. The van der Waals surface area contributed by atoms with Gasteiger partial charge in [0.2, 0.25) is 0 Å². The number of hydrogen-bond acceptors (Lipinski definition) is 4. The SMILES string of the molecule is Cc1cccc(OCC(=O)Oc2cccc(/C=C(/C#N)c3ccc(Cl)cc3)c2)c1C. The second-order valence-corrected chi connectivity index (χ2v) is 7.15. The monoisotopic (exact) mass is 417 g/mol. The molecule has 0 saturated heterocycles. The Morgan fingerprint density at radius 3 is 2.53 bits per heavy atom. The van der Waals surface area contributed by atoms with Crippen molar-refractivity contribution in [1.29, 1.82) is 5.26 Å². The Hall–Kier alpha value is -3.55. The van der Waals surface area contributed by atoms with Crippen LogP contribution in [0.5, 0.6) is 11.5 Å². The topological polar surface area (TPSA) is 59.3 Å². The molecule has 3 rings (SSSR count). The molecule has 3 aromatic rings. The fourth-order valence-corrected chi connectivity index (χ4v) is 2.95. The van der Waals surface area contributed by atoms with Crippen molar-refractivity contribution in [3.63, 3.8) is 0 Å². The molecule has 150 valence electrons. The zero-order valence-corrected chi connectivity index (χ0v) is 17.4. The standard InChI is InChI=1S/C25H20ClNO3/c1-17-5-3-8-24(18(17)2)29-16-25(28)30-23-7-4-6-19(14-23)13-21(15-27)20-9-11-22(26)12-10-20/h3-14H,16H2,1-2H3/b21-13-. The van der Waals surface area contributed by atoms with Crippen LogP contribution in [0.15, 0.2) is 66.7 Å². The van der Waals surface area contributed by atoms with E-state index in [0.717, 1.165) is 22.3 Å². The molecule has 30 heavy (non-hydrogen) atoms. The van der Waals surface area contributed by atoms with Gasteiger partial charge in [-0.3, -0.25) is 0 Å². The Balaban J connectivity index is 1.69. The van der Waals surface area contributed by atoms with Gasteiger partial charge in [0.25, 0.3) is 0 Å². The van der Waals surface area contributed by atoms with Crippen molar-refractivity contribution in [1.82, 2.24) is 0 Å². The van der Waals surface area contributed by atoms with E-state index in [1.165, 1.54) is 0 Å². The third kappa shape index (κ3) is 5.50. The zero-order chi connectivity index (χ0) is 21.5. The summed E-state index contributed by atoms with van der Waals surface area (Å²) < 4.78 is 11.0. The number of benzene rings is 3. The molecular weight excluding hydrogens is 398 g/mol. The molecule has 0 aliphatic carbocycles. The van der Waals surface area contributed by atoms with Gasteiger partial charge in [0, 0.05) is 5.02 Å². The fourth-order valence-electron chi connectivity index (χ4n) is 2.82. The number of hydrogen-bond donors (Lipinski definition) is 0. The first-order chi connectivity index (χ1) is 14.5. The van der Waals surface area contributed by atoms with Crippen LogP contribution in [-0.4, -0.2) is 12.6 Å². The number of nitriles is 1. The van der Waals surface area contributed by atoms with Crippen LogP contribution in [-0.2, 0) is 4.79 Å². The summed E-state index contributed by atoms with van der Waals surface area (Å²) in [5.41, 5.74) is 4.06. The molecule has 5 heteroatoms. The summed E-state index contributed by atoms with van der Waals surface area (Å²) in [6.45, 7) is 3.73. The number of esters is 1. The highest BCUT2D eigenvalue weighted by Crippen LogP contribution is 2.23. The van der Waals surface area contributed by atoms with Crippen molar-refractivity contribution in [2.45, 2.75) is 13.8 Å². The van der Waals surface area contributed by atoms with E-state index >= 15 is 0 Å². The molecule has 0 spiro atoms. The van der Waals surface area contributed by atoms with Gasteiger partial charge in [0.15, 0.2) is 6.61 Å². The molecule has 0 fully saturated rings. The van der Waals surface area contributed by atoms with E-state index in [-0.39, 0.29) is 6.61 Å². The molecule has 0 heterocycles. The van der Waals surface area contributed by atoms with Crippen molar-refractivity contribution >= 4 is 29.2 Å². The quantitative estimate of drug-likeness (QED) is 0.213. The fraction of sp³-hybridized carbons (Fsp3) is 0.120. The highest BCUT2D eigenvalue weighted by Gasteiger charge is 2.09. The Kier molecular flexibility index (Phi) is 6.90. The second-order valence-electron chi connectivity index (χ2n) is 6.71. The summed E-state index contributed by atoms with van der Waals surface area (Å²) in [5.74, 6) is 0.534. The summed E-state index contributed by atoms with van der Waals surface area (Å²) in [6, 6.07) is 21.9. The first-order valence-corrected chi connectivity index (χ1v) is 9.71. The lowest BCUT2D eigenvalue weighted by atomic mass is 10.0. The van der Waals surface area contributed by atoms with Crippen LogP contribution in [0.3, 0.4) is 0 Å². The van der Waals surface area contributed by atoms with E-state index in [1.54, 1.807) is 48.5 Å². The van der Waals surface area contributed by atoms with Gasteiger partial charge in [0.1, 0.15) is 11.5 Å². The van der Waals surface area contributed by atoms with E-state index in [2.05, 4.69) is 6.07 Å². The van der Waals surface area contributed by atoms with Crippen molar-refractivity contribution in [2.75, 3.05) is 6.61 Å². The van der Waals surface area contributed by atoms with Crippen LogP contribution >= 0.6 is 11.6 Å². The minimum atomic E-state index is -0.504. The molecule has 0 bridgehead atoms. The number of aryl methyl sites for hydroxylation is 1. The van der Waals surface area contributed by atoms with E-state index in [9.17, 15) is 10.1 Å². The summed E-state index contributed by atoms with van der Waals surface area (Å²) in [4.78, 5) is 12.2. The van der Waals surface area contributed by atoms with Crippen molar-refractivity contribution in [3.8, 4) is 17.6 Å². The maximum atomic E-state index is 12.2. The smallest absolute Gasteiger partial charge is 0.349 e. The van der Waals surface area contributed by atoms with Gasteiger partial charge in [-0.1, -0.05) is 48.0 Å². The summed E-state index contributed by atoms with van der Waals surface area (Å²) >= 11 is 5.91. The Morgan fingerprint density at radius 1 is 1.07 bits per heavy atom. The molecule has 0 N–H and O–H groups in total.